The zero-order valence-corrected chi connectivity index (χ0v) is 33.3. The SMILES string of the molecule is C(=Cc1ccc(N(c2ccc(C=Cc3cccc4ccccc34)cc2)c2ccc3c(c2)C2(CCCCC2)c2cc(C=Cc4ccccc4)ccc2-3)cc1)c1ccccc1. The maximum atomic E-state index is 2.53. The molecule has 0 aliphatic heterocycles. The van der Waals surface area contributed by atoms with Crippen LogP contribution in [0.1, 0.15) is 76.6 Å². The maximum absolute atomic E-state index is 2.53. The van der Waals surface area contributed by atoms with E-state index in [9.17, 15) is 0 Å². The molecule has 8 aromatic carbocycles. The summed E-state index contributed by atoms with van der Waals surface area (Å²) in [7, 11) is 0. The van der Waals surface area contributed by atoms with Gasteiger partial charge < -0.3 is 4.90 Å². The molecule has 59 heavy (non-hydrogen) atoms. The third kappa shape index (κ3) is 7.37. The van der Waals surface area contributed by atoms with Crippen molar-refractivity contribution in [3.63, 3.8) is 0 Å². The van der Waals surface area contributed by atoms with Crippen molar-refractivity contribution < 1.29 is 0 Å². The zero-order chi connectivity index (χ0) is 39.4. The Labute approximate surface area is 349 Å². The van der Waals surface area contributed by atoms with Crippen molar-refractivity contribution in [1.82, 2.24) is 0 Å². The van der Waals surface area contributed by atoms with Crippen LogP contribution < -0.4 is 4.90 Å². The second-order valence-corrected chi connectivity index (χ2v) is 16.1. The summed E-state index contributed by atoms with van der Waals surface area (Å²) in [5.74, 6) is 0. The van der Waals surface area contributed by atoms with Gasteiger partial charge in [-0.3, -0.25) is 0 Å². The van der Waals surface area contributed by atoms with Crippen LogP contribution in [0.3, 0.4) is 0 Å². The van der Waals surface area contributed by atoms with Crippen LogP contribution in [-0.2, 0) is 5.41 Å². The lowest BCUT2D eigenvalue weighted by Gasteiger charge is -2.37. The largest absolute Gasteiger partial charge is 0.310 e. The highest BCUT2D eigenvalue weighted by Crippen LogP contribution is 2.57. The van der Waals surface area contributed by atoms with Crippen LogP contribution in [-0.4, -0.2) is 0 Å². The molecule has 0 saturated heterocycles. The number of benzene rings is 8. The Bertz CT molecular complexity index is 2810. The molecule has 284 valence electrons. The van der Waals surface area contributed by atoms with Crippen LogP contribution in [0, 0.1) is 0 Å². The summed E-state index contributed by atoms with van der Waals surface area (Å²) in [6, 6.07) is 68.7. The molecule has 0 atom stereocenters. The monoisotopic (exact) mass is 757 g/mol. The number of hydrogen-bond donors (Lipinski definition) is 0. The number of fused-ring (bicyclic) bond motifs is 6. The van der Waals surface area contributed by atoms with Gasteiger partial charge in [0.2, 0.25) is 0 Å². The van der Waals surface area contributed by atoms with Crippen molar-refractivity contribution in [2.24, 2.45) is 0 Å². The summed E-state index contributed by atoms with van der Waals surface area (Å²) in [5.41, 5.74) is 16.5. The van der Waals surface area contributed by atoms with E-state index in [4.69, 9.17) is 0 Å². The van der Waals surface area contributed by atoms with Gasteiger partial charge >= 0.3 is 0 Å². The fourth-order valence-corrected chi connectivity index (χ4v) is 9.45. The summed E-state index contributed by atoms with van der Waals surface area (Å²) in [6.07, 6.45) is 19.5. The summed E-state index contributed by atoms with van der Waals surface area (Å²) >= 11 is 0. The van der Waals surface area contributed by atoms with Crippen molar-refractivity contribution in [1.29, 1.82) is 0 Å². The standard InChI is InChI=1S/C58H47N/c1-4-13-43(14-5-1)21-22-45-26-32-50(33-27-45)59(51-34-28-46(29-35-51)25-31-49-19-12-18-48-17-8-9-20-53(48)49)52-36-38-55-54-37-30-47(24-23-44-15-6-2-7-16-44)41-56(54)58(57(55)42-52)39-10-3-11-40-58/h1-2,4-9,12-38,41-42H,3,10-11,39-40H2. The molecular formula is C58H47N. The number of anilines is 3. The van der Waals surface area contributed by atoms with E-state index in [0.29, 0.717) is 0 Å². The fraction of sp³-hybridized carbons (Fsp3) is 0.103. The highest BCUT2D eigenvalue weighted by atomic mass is 15.1. The van der Waals surface area contributed by atoms with Crippen LogP contribution in [0.5, 0.6) is 0 Å². The molecule has 1 spiro atoms. The molecule has 0 unspecified atom stereocenters. The van der Waals surface area contributed by atoms with E-state index in [1.165, 1.54) is 104 Å². The molecule has 1 fully saturated rings. The topological polar surface area (TPSA) is 3.24 Å². The third-order valence-electron chi connectivity index (χ3n) is 12.5. The van der Waals surface area contributed by atoms with Gasteiger partial charge in [0.05, 0.1) is 0 Å². The Kier molecular flexibility index (Phi) is 9.94. The average Bonchev–Trinajstić information content (AvgIpc) is 3.55. The van der Waals surface area contributed by atoms with Gasteiger partial charge in [0, 0.05) is 22.5 Å². The van der Waals surface area contributed by atoms with E-state index in [1.807, 2.05) is 0 Å². The molecule has 0 bridgehead atoms. The predicted molar refractivity (Wildman–Crippen MR) is 254 cm³/mol. The van der Waals surface area contributed by atoms with Crippen LogP contribution in [0.4, 0.5) is 17.1 Å². The van der Waals surface area contributed by atoms with Gasteiger partial charge in [-0.15, -0.1) is 0 Å². The minimum atomic E-state index is 0.0174. The zero-order valence-electron chi connectivity index (χ0n) is 33.3. The van der Waals surface area contributed by atoms with Crippen molar-refractivity contribution in [2.45, 2.75) is 37.5 Å². The van der Waals surface area contributed by atoms with Gasteiger partial charge in [-0.25, -0.2) is 0 Å². The molecule has 0 N–H and O–H groups in total. The van der Waals surface area contributed by atoms with Gasteiger partial charge in [-0.05, 0) is 116 Å². The summed E-state index contributed by atoms with van der Waals surface area (Å²) in [4.78, 5) is 2.44. The second-order valence-electron chi connectivity index (χ2n) is 16.1. The van der Waals surface area contributed by atoms with Gasteiger partial charge in [0.15, 0.2) is 0 Å². The first-order valence-electron chi connectivity index (χ1n) is 21.1. The molecule has 0 heterocycles. The minimum Gasteiger partial charge on any atom is -0.310 e. The molecule has 0 radical (unpaired) electrons. The Morgan fingerprint density at radius 1 is 0.356 bits per heavy atom. The van der Waals surface area contributed by atoms with Gasteiger partial charge in [-0.2, -0.15) is 0 Å². The summed E-state index contributed by atoms with van der Waals surface area (Å²) in [5, 5.41) is 2.53. The van der Waals surface area contributed by atoms with E-state index in [1.54, 1.807) is 0 Å². The van der Waals surface area contributed by atoms with Crippen molar-refractivity contribution in [2.75, 3.05) is 4.90 Å². The highest BCUT2D eigenvalue weighted by molar-refractivity contribution is 5.93. The predicted octanol–water partition coefficient (Wildman–Crippen LogP) is 16.1. The van der Waals surface area contributed by atoms with E-state index >= 15 is 0 Å². The number of nitrogens with zero attached hydrogens (tertiary/aromatic N) is 1. The Balaban J connectivity index is 1.02. The van der Waals surface area contributed by atoms with Crippen LogP contribution >= 0.6 is 0 Å². The summed E-state index contributed by atoms with van der Waals surface area (Å²) in [6.45, 7) is 0. The second kappa shape index (κ2) is 16.1. The van der Waals surface area contributed by atoms with Crippen LogP contribution in [0.15, 0.2) is 188 Å². The molecule has 10 rings (SSSR count). The van der Waals surface area contributed by atoms with E-state index in [0.717, 1.165) is 11.4 Å². The Morgan fingerprint density at radius 3 is 1.47 bits per heavy atom. The lowest BCUT2D eigenvalue weighted by molar-refractivity contribution is 0.353. The van der Waals surface area contributed by atoms with E-state index in [-0.39, 0.29) is 5.41 Å². The molecule has 2 aliphatic rings. The van der Waals surface area contributed by atoms with Gasteiger partial charge in [0.25, 0.3) is 0 Å². The van der Waals surface area contributed by atoms with Crippen LogP contribution in [0.25, 0.3) is 58.4 Å². The van der Waals surface area contributed by atoms with Crippen molar-refractivity contribution >= 4 is 64.3 Å². The quantitative estimate of drug-likeness (QED) is 0.133. The van der Waals surface area contributed by atoms with E-state index < -0.39 is 0 Å². The maximum Gasteiger partial charge on any atom is 0.0465 e. The Hall–Kier alpha value is -6.96. The summed E-state index contributed by atoms with van der Waals surface area (Å²) < 4.78 is 0. The number of rotatable bonds is 9. The first kappa shape index (κ1) is 36.4. The molecular weight excluding hydrogens is 711 g/mol. The van der Waals surface area contributed by atoms with Crippen LogP contribution in [0.2, 0.25) is 0 Å². The van der Waals surface area contributed by atoms with Crippen molar-refractivity contribution in [3.8, 4) is 11.1 Å². The lowest BCUT2D eigenvalue weighted by Crippen LogP contribution is -2.28. The smallest absolute Gasteiger partial charge is 0.0465 e. The number of hydrogen-bond acceptors (Lipinski definition) is 1. The van der Waals surface area contributed by atoms with Gasteiger partial charge in [0.1, 0.15) is 0 Å². The molecule has 8 aromatic rings. The Morgan fingerprint density at radius 2 is 0.831 bits per heavy atom. The van der Waals surface area contributed by atoms with Gasteiger partial charge in [-0.1, -0.05) is 207 Å². The highest BCUT2D eigenvalue weighted by Gasteiger charge is 2.44. The van der Waals surface area contributed by atoms with E-state index in [2.05, 4.69) is 229 Å². The molecule has 0 aromatic heterocycles. The average molecular weight is 758 g/mol. The lowest BCUT2D eigenvalue weighted by atomic mass is 9.67. The van der Waals surface area contributed by atoms with Crippen molar-refractivity contribution in [3.05, 3.63) is 233 Å². The molecule has 1 nitrogen and oxygen atoms in total. The molecule has 0 amide bonds. The first-order chi connectivity index (χ1) is 29.2. The normalized spacial score (nSPS) is 14.4. The third-order valence-corrected chi connectivity index (χ3v) is 12.5. The molecule has 2 aliphatic carbocycles. The fourth-order valence-electron chi connectivity index (χ4n) is 9.45. The first-order valence-corrected chi connectivity index (χ1v) is 21.1. The molecule has 1 saturated carbocycles. The molecule has 1 heteroatoms. The minimum absolute atomic E-state index is 0.0174.